The number of benzene rings is 1. The van der Waals surface area contributed by atoms with Crippen LogP contribution in [0.15, 0.2) is 47.1 Å². The van der Waals surface area contributed by atoms with Crippen LogP contribution in [0.4, 0.5) is 0 Å². The van der Waals surface area contributed by atoms with Crippen molar-refractivity contribution in [3.8, 4) is 6.07 Å². The minimum absolute atomic E-state index is 0.0128. The molecule has 3 aliphatic heterocycles. The molecule has 0 N–H and O–H groups in total. The van der Waals surface area contributed by atoms with E-state index in [1.165, 1.54) is 0 Å². The van der Waals surface area contributed by atoms with Crippen LogP contribution in [-0.2, 0) is 15.3 Å². The Kier molecular flexibility index (Phi) is 5.39. The van der Waals surface area contributed by atoms with Crippen LogP contribution >= 0.6 is 11.8 Å². The number of hydrogen-bond acceptors (Lipinski definition) is 6. The Bertz CT molecular complexity index is 1080. The number of thioether (sulfide) groups is 1. The molecular weight excluding hydrogens is 428 g/mol. The first-order valence-electron chi connectivity index (χ1n) is 10.6. The molecule has 0 radical (unpaired) electrons. The molecule has 164 valence electrons. The molecule has 0 spiro atoms. The van der Waals surface area contributed by atoms with Crippen molar-refractivity contribution < 1.29 is 18.8 Å². The zero-order chi connectivity index (χ0) is 22.2. The van der Waals surface area contributed by atoms with E-state index in [-0.39, 0.29) is 29.5 Å². The predicted octanol–water partition coefficient (Wildman–Crippen LogP) is 1.72. The highest BCUT2D eigenvalue weighted by Crippen LogP contribution is 2.35. The zero-order valence-corrected chi connectivity index (χ0v) is 18.2. The van der Waals surface area contributed by atoms with Crippen molar-refractivity contribution in [1.82, 2.24) is 14.7 Å². The molecule has 3 amide bonds. The highest BCUT2D eigenvalue weighted by atomic mass is 32.2. The number of rotatable bonds is 4. The Morgan fingerprint density at radius 3 is 2.56 bits per heavy atom. The first-order valence-corrected chi connectivity index (χ1v) is 11.6. The molecule has 0 aliphatic carbocycles. The molecule has 0 saturated carbocycles. The molecule has 32 heavy (non-hydrogen) atoms. The van der Waals surface area contributed by atoms with Crippen LogP contribution in [0.1, 0.15) is 28.1 Å². The van der Waals surface area contributed by atoms with Gasteiger partial charge in [0.2, 0.25) is 11.8 Å². The lowest BCUT2D eigenvalue weighted by molar-refractivity contribution is -0.162. The quantitative estimate of drug-likeness (QED) is 0.704. The molecule has 4 heterocycles. The molecule has 3 saturated heterocycles. The standard InChI is InChI=1S/C23H22N4O4S/c24-11-15-3-5-16(6-4-15)21(28)25-7-8-26-20(13-25)23(30)27-12-18(10-19(27)22(26)29)32-14-17-2-1-9-31-17/h1-6,9,18-20H,7-8,10,12-14H2/t18-,19-,20+/m1/s1. The molecule has 1 aromatic heterocycles. The van der Waals surface area contributed by atoms with E-state index in [2.05, 4.69) is 0 Å². The first-order chi connectivity index (χ1) is 15.5. The van der Waals surface area contributed by atoms with Gasteiger partial charge in [-0.3, -0.25) is 14.4 Å². The predicted molar refractivity (Wildman–Crippen MR) is 116 cm³/mol. The van der Waals surface area contributed by atoms with Gasteiger partial charge in [0, 0.05) is 30.4 Å². The Labute approximate surface area is 189 Å². The topological polar surface area (TPSA) is 97.9 Å². The minimum Gasteiger partial charge on any atom is -0.468 e. The molecule has 9 heteroatoms. The fraction of sp³-hybridized carbons (Fsp3) is 0.391. The van der Waals surface area contributed by atoms with Crippen LogP contribution in [-0.4, -0.2) is 75.9 Å². The second-order valence-corrected chi connectivity index (χ2v) is 9.53. The number of amides is 3. The number of furan rings is 1. The van der Waals surface area contributed by atoms with Gasteiger partial charge in [0.1, 0.15) is 17.8 Å². The number of carbonyl (C=O) groups excluding carboxylic acids is 3. The molecular formula is C23H22N4O4S. The summed E-state index contributed by atoms with van der Waals surface area (Å²) in [6.07, 6.45) is 2.29. The number of nitriles is 1. The van der Waals surface area contributed by atoms with Gasteiger partial charge in [-0.2, -0.15) is 5.26 Å². The smallest absolute Gasteiger partial charge is 0.253 e. The van der Waals surface area contributed by atoms with Crippen LogP contribution in [0.25, 0.3) is 0 Å². The average molecular weight is 451 g/mol. The van der Waals surface area contributed by atoms with Crippen molar-refractivity contribution in [2.45, 2.75) is 29.5 Å². The summed E-state index contributed by atoms with van der Waals surface area (Å²) in [5.41, 5.74) is 0.958. The molecule has 2 aromatic rings. The largest absolute Gasteiger partial charge is 0.468 e. The van der Waals surface area contributed by atoms with E-state index >= 15 is 0 Å². The maximum Gasteiger partial charge on any atom is 0.253 e. The van der Waals surface area contributed by atoms with Crippen LogP contribution in [0, 0.1) is 11.3 Å². The summed E-state index contributed by atoms with van der Waals surface area (Å²) in [7, 11) is 0. The number of hydrogen-bond donors (Lipinski definition) is 0. The van der Waals surface area contributed by atoms with E-state index in [4.69, 9.17) is 9.68 Å². The molecule has 8 nitrogen and oxygen atoms in total. The fourth-order valence-electron chi connectivity index (χ4n) is 4.69. The van der Waals surface area contributed by atoms with Crippen LogP contribution in [0.5, 0.6) is 0 Å². The normalized spacial score (nSPS) is 24.8. The average Bonchev–Trinajstić information content (AvgIpc) is 3.51. The SMILES string of the molecule is N#Cc1ccc(C(=O)N2CCN3C(=O)[C@H]4C[C@@H](SCc5ccco5)CN4C(=O)[C@@H]3C2)cc1. The third-order valence-corrected chi connectivity index (χ3v) is 7.63. The summed E-state index contributed by atoms with van der Waals surface area (Å²) in [6.45, 7) is 1.47. The van der Waals surface area contributed by atoms with Gasteiger partial charge >= 0.3 is 0 Å². The van der Waals surface area contributed by atoms with Gasteiger partial charge in [-0.1, -0.05) is 0 Å². The van der Waals surface area contributed by atoms with Gasteiger partial charge in [0.15, 0.2) is 0 Å². The number of fused-ring (bicyclic) bond motifs is 2. The van der Waals surface area contributed by atoms with E-state index < -0.39 is 12.1 Å². The maximum atomic E-state index is 13.3. The van der Waals surface area contributed by atoms with Gasteiger partial charge in [0.05, 0.1) is 30.2 Å². The lowest BCUT2D eigenvalue weighted by Crippen LogP contribution is -2.69. The molecule has 3 atom stereocenters. The maximum absolute atomic E-state index is 13.3. The van der Waals surface area contributed by atoms with Crippen LogP contribution in [0.3, 0.4) is 0 Å². The molecule has 5 rings (SSSR count). The number of piperazine rings is 2. The number of carbonyl (C=O) groups is 3. The monoisotopic (exact) mass is 450 g/mol. The van der Waals surface area contributed by atoms with Crippen LogP contribution in [0.2, 0.25) is 0 Å². The summed E-state index contributed by atoms with van der Waals surface area (Å²) >= 11 is 1.70. The van der Waals surface area contributed by atoms with Crippen molar-refractivity contribution in [1.29, 1.82) is 5.26 Å². The highest BCUT2D eigenvalue weighted by molar-refractivity contribution is 7.99. The van der Waals surface area contributed by atoms with Crippen molar-refractivity contribution in [2.75, 3.05) is 26.2 Å². The second-order valence-electron chi connectivity index (χ2n) is 8.24. The third-order valence-electron chi connectivity index (χ3n) is 6.37. The summed E-state index contributed by atoms with van der Waals surface area (Å²) in [6, 6.07) is 11.2. The molecule has 1 aromatic carbocycles. The summed E-state index contributed by atoms with van der Waals surface area (Å²) < 4.78 is 5.39. The van der Waals surface area contributed by atoms with E-state index in [0.29, 0.717) is 42.9 Å². The van der Waals surface area contributed by atoms with Gasteiger partial charge in [0.25, 0.3) is 5.91 Å². The Balaban J connectivity index is 1.26. The van der Waals surface area contributed by atoms with E-state index in [1.807, 2.05) is 18.2 Å². The summed E-state index contributed by atoms with van der Waals surface area (Å²) in [5.74, 6) is 1.31. The molecule has 0 bridgehead atoms. The van der Waals surface area contributed by atoms with Gasteiger partial charge < -0.3 is 19.1 Å². The van der Waals surface area contributed by atoms with Crippen LogP contribution < -0.4 is 0 Å². The second kappa shape index (κ2) is 8.36. The first kappa shape index (κ1) is 20.6. The van der Waals surface area contributed by atoms with E-state index in [0.717, 1.165) is 5.76 Å². The summed E-state index contributed by atoms with van der Waals surface area (Å²) in [4.78, 5) is 44.4. The highest BCUT2D eigenvalue weighted by Gasteiger charge is 2.52. The van der Waals surface area contributed by atoms with E-state index in [9.17, 15) is 14.4 Å². The Hall–Kier alpha value is -3.25. The summed E-state index contributed by atoms with van der Waals surface area (Å²) in [5, 5.41) is 9.12. The lowest BCUT2D eigenvalue weighted by Gasteiger charge is -2.47. The van der Waals surface area contributed by atoms with Crippen molar-refractivity contribution in [3.05, 3.63) is 59.5 Å². The van der Waals surface area contributed by atoms with Gasteiger partial charge in [-0.25, -0.2) is 0 Å². The van der Waals surface area contributed by atoms with Gasteiger partial charge in [-0.05, 0) is 42.8 Å². The third kappa shape index (κ3) is 3.65. The lowest BCUT2D eigenvalue weighted by atomic mass is 10.0. The molecule has 3 aliphatic rings. The van der Waals surface area contributed by atoms with E-state index in [1.54, 1.807) is 57.0 Å². The Morgan fingerprint density at radius 2 is 1.84 bits per heavy atom. The fourth-order valence-corrected chi connectivity index (χ4v) is 5.83. The molecule has 3 fully saturated rings. The van der Waals surface area contributed by atoms with Gasteiger partial charge in [-0.15, -0.1) is 11.8 Å². The van der Waals surface area contributed by atoms with Crippen molar-refractivity contribution in [3.63, 3.8) is 0 Å². The number of nitrogens with zero attached hydrogens (tertiary/aromatic N) is 4. The van der Waals surface area contributed by atoms with Crippen molar-refractivity contribution >= 4 is 29.5 Å². The Morgan fingerprint density at radius 1 is 1.06 bits per heavy atom. The molecule has 0 unspecified atom stereocenters. The zero-order valence-electron chi connectivity index (χ0n) is 17.3. The minimum atomic E-state index is -0.636. The van der Waals surface area contributed by atoms with Crippen molar-refractivity contribution in [2.24, 2.45) is 0 Å².